The number of aliphatic hydroxyl groups excluding tert-OH is 2. The van der Waals surface area contributed by atoms with Gasteiger partial charge in [-0.3, -0.25) is 0 Å². The SMILES string of the molecule is CCC(CC)C(CC)C(O)CC(C)O. The van der Waals surface area contributed by atoms with Crippen molar-refractivity contribution in [1.82, 2.24) is 0 Å². The van der Waals surface area contributed by atoms with Gasteiger partial charge in [-0.05, 0) is 25.2 Å². The lowest BCUT2D eigenvalue weighted by Crippen LogP contribution is -2.29. The number of hydrogen-bond acceptors (Lipinski definition) is 2. The molecule has 0 rings (SSSR count). The molecule has 0 saturated carbocycles. The van der Waals surface area contributed by atoms with Crippen LogP contribution in [0.5, 0.6) is 0 Å². The van der Waals surface area contributed by atoms with Crippen molar-refractivity contribution in [3.8, 4) is 0 Å². The first kappa shape index (κ1) is 13.9. The number of aliphatic hydroxyl groups is 2. The molecule has 0 radical (unpaired) electrons. The van der Waals surface area contributed by atoms with Crippen molar-refractivity contribution in [2.24, 2.45) is 11.8 Å². The molecule has 0 aliphatic carbocycles. The third kappa shape index (κ3) is 4.43. The summed E-state index contributed by atoms with van der Waals surface area (Å²) >= 11 is 0. The normalized spacial score (nSPS) is 18.2. The maximum atomic E-state index is 9.95. The van der Waals surface area contributed by atoms with Gasteiger partial charge in [-0.1, -0.05) is 40.0 Å². The van der Waals surface area contributed by atoms with E-state index in [0.717, 1.165) is 19.3 Å². The van der Waals surface area contributed by atoms with Gasteiger partial charge in [0.15, 0.2) is 0 Å². The Morgan fingerprint density at radius 3 is 1.71 bits per heavy atom. The summed E-state index contributed by atoms with van der Waals surface area (Å²) in [5.74, 6) is 0.938. The lowest BCUT2D eigenvalue weighted by atomic mass is 9.80. The Hall–Kier alpha value is -0.0800. The van der Waals surface area contributed by atoms with Crippen molar-refractivity contribution >= 4 is 0 Å². The van der Waals surface area contributed by atoms with Gasteiger partial charge in [-0.2, -0.15) is 0 Å². The Kier molecular flexibility index (Phi) is 7.20. The van der Waals surface area contributed by atoms with E-state index in [-0.39, 0.29) is 6.10 Å². The molecule has 0 aliphatic heterocycles. The summed E-state index contributed by atoms with van der Waals surface area (Å²) in [6.07, 6.45) is 3.01. The van der Waals surface area contributed by atoms with E-state index < -0.39 is 6.10 Å². The van der Waals surface area contributed by atoms with Gasteiger partial charge < -0.3 is 10.2 Å². The average Bonchev–Trinajstić information content (AvgIpc) is 2.12. The Morgan fingerprint density at radius 2 is 1.43 bits per heavy atom. The molecule has 0 aliphatic rings. The van der Waals surface area contributed by atoms with Crippen LogP contribution in [0.1, 0.15) is 53.4 Å². The van der Waals surface area contributed by atoms with Gasteiger partial charge in [0, 0.05) is 0 Å². The Balaban J connectivity index is 4.22. The predicted octanol–water partition coefficient (Wildman–Crippen LogP) is 2.58. The molecule has 0 spiro atoms. The van der Waals surface area contributed by atoms with Crippen molar-refractivity contribution in [2.75, 3.05) is 0 Å². The molecule has 14 heavy (non-hydrogen) atoms. The molecule has 0 aromatic carbocycles. The zero-order valence-electron chi connectivity index (χ0n) is 10.0. The van der Waals surface area contributed by atoms with Gasteiger partial charge >= 0.3 is 0 Å². The molecule has 0 heterocycles. The van der Waals surface area contributed by atoms with Crippen LogP contribution in [0.4, 0.5) is 0 Å². The second-order valence-corrected chi connectivity index (χ2v) is 4.30. The smallest absolute Gasteiger partial charge is 0.0595 e. The number of hydrogen-bond donors (Lipinski definition) is 2. The summed E-state index contributed by atoms with van der Waals surface area (Å²) in [5.41, 5.74) is 0. The molecule has 3 atom stereocenters. The zero-order chi connectivity index (χ0) is 11.1. The first-order chi connectivity index (χ1) is 6.56. The maximum Gasteiger partial charge on any atom is 0.0595 e. The fourth-order valence-corrected chi connectivity index (χ4v) is 2.34. The standard InChI is InChI=1S/C12H26O2/c1-5-10(6-2)11(7-3)12(14)8-9(4)13/h9-14H,5-8H2,1-4H3. The van der Waals surface area contributed by atoms with Crippen LogP contribution in [-0.4, -0.2) is 22.4 Å². The molecule has 0 fully saturated rings. The summed E-state index contributed by atoms with van der Waals surface area (Å²) < 4.78 is 0. The van der Waals surface area contributed by atoms with Gasteiger partial charge in [0.1, 0.15) is 0 Å². The summed E-state index contributed by atoms with van der Waals surface area (Å²) in [7, 11) is 0. The van der Waals surface area contributed by atoms with Gasteiger partial charge in [-0.15, -0.1) is 0 Å². The Bertz CT molecular complexity index is 130. The molecular formula is C12H26O2. The van der Waals surface area contributed by atoms with Crippen molar-refractivity contribution < 1.29 is 10.2 Å². The molecule has 86 valence electrons. The summed E-state index contributed by atoms with van der Waals surface area (Å²) in [6.45, 7) is 8.20. The lowest BCUT2D eigenvalue weighted by molar-refractivity contribution is 0.0241. The second kappa shape index (κ2) is 7.24. The minimum atomic E-state index is -0.395. The van der Waals surface area contributed by atoms with Crippen molar-refractivity contribution in [3.63, 3.8) is 0 Å². The molecule has 2 heteroatoms. The van der Waals surface area contributed by atoms with Gasteiger partial charge in [0.05, 0.1) is 12.2 Å². The van der Waals surface area contributed by atoms with E-state index in [1.807, 2.05) is 0 Å². The predicted molar refractivity (Wildman–Crippen MR) is 60.2 cm³/mol. The largest absolute Gasteiger partial charge is 0.393 e. The molecule has 0 aromatic heterocycles. The van der Waals surface area contributed by atoms with E-state index in [1.54, 1.807) is 6.92 Å². The highest BCUT2D eigenvalue weighted by atomic mass is 16.3. The third-order valence-electron chi connectivity index (χ3n) is 3.20. The van der Waals surface area contributed by atoms with E-state index in [0.29, 0.717) is 18.3 Å². The molecule has 0 aromatic rings. The minimum Gasteiger partial charge on any atom is -0.393 e. The van der Waals surface area contributed by atoms with Crippen LogP contribution < -0.4 is 0 Å². The minimum absolute atomic E-state index is 0.343. The molecule has 2 nitrogen and oxygen atoms in total. The van der Waals surface area contributed by atoms with E-state index in [4.69, 9.17) is 0 Å². The van der Waals surface area contributed by atoms with E-state index >= 15 is 0 Å². The van der Waals surface area contributed by atoms with Crippen molar-refractivity contribution in [3.05, 3.63) is 0 Å². The zero-order valence-corrected chi connectivity index (χ0v) is 10.0. The first-order valence-corrected chi connectivity index (χ1v) is 5.92. The van der Waals surface area contributed by atoms with Gasteiger partial charge in [0.2, 0.25) is 0 Å². The van der Waals surface area contributed by atoms with Crippen LogP contribution in [0.25, 0.3) is 0 Å². The third-order valence-corrected chi connectivity index (χ3v) is 3.20. The topological polar surface area (TPSA) is 40.5 Å². The highest BCUT2D eigenvalue weighted by molar-refractivity contribution is 4.75. The summed E-state index contributed by atoms with van der Waals surface area (Å²) in [4.78, 5) is 0. The van der Waals surface area contributed by atoms with Gasteiger partial charge in [0.25, 0.3) is 0 Å². The second-order valence-electron chi connectivity index (χ2n) is 4.30. The fraction of sp³-hybridized carbons (Fsp3) is 1.00. The van der Waals surface area contributed by atoms with Crippen LogP contribution in [-0.2, 0) is 0 Å². The van der Waals surface area contributed by atoms with Crippen LogP contribution in [0.3, 0.4) is 0 Å². The fourth-order valence-electron chi connectivity index (χ4n) is 2.34. The van der Waals surface area contributed by atoms with Crippen LogP contribution in [0, 0.1) is 11.8 Å². The molecule has 0 saturated heterocycles. The first-order valence-electron chi connectivity index (χ1n) is 5.92. The van der Waals surface area contributed by atoms with Crippen molar-refractivity contribution in [2.45, 2.75) is 65.6 Å². The highest BCUT2D eigenvalue weighted by Crippen LogP contribution is 2.27. The molecule has 0 bridgehead atoms. The molecule has 3 unspecified atom stereocenters. The highest BCUT2D eigenvalue weighted by Gasteiger charge is 2.25. The van der Waals surface area contributed by atoms with Crippen LogP contribution in [0.15, 0.2) is 0 Å². The number of rotatable bonds is 7. The monoisotopic (exact) mass is 202 g/mol. The van der Waals surface area contributed by atoms with E-state index in [9.17, 15) is 10.2 Å². The maximum absolute atomic E-state index is 9.95. The molecule has 0 amide bonds. The quantitative estimate of drug-likeness (QED) is 0.666. The lowest BCUT2D eigenvalue weighted by Gasteiger charge is -2.29. The van der Waals surface area contributed by atoms with Crippen LogP contribution >= 0.6 is 0 Å². The Morgan fingerprint density at radius 1 is 0.929 bits per heavy atom. The van der Waals surface area contributed by atoms with Crippen molar-refractivity contribution in [1.29, 1.82) is 0 Å². The summed E-state index contributed by atoms with van der Waals surface area (Å²) in [5, 5.41) is 19.2. The Labute approximate surface area is 88.3 Å². The van der Waals surface area contributed by atoms with Crippen LogP contribution in [0.2, 0.25) is 0 Å². The van der Waals surface area contributed by atoms with Gasteiger partial charge in [-0.25, -0.2) is 0 Å². The average molecular weight is 202 g/mol. The molecule has 2 N–H and O–H groups in total. The van der Waals surface area contributed by atoms with E-state index in [2.05, 4.69) is 20.8 Å². The molecular weight excluding hydrogens is 176 g/mol. The van der Waals surface area contributed by atoms with E-state index in [1.165, 1.54) is 0 Å². The summed E-state index contributed by atoms with van der Waals surface area (Å²) in [6, 6.07) is 0.